The van der Waals surface area contributed by atoms with Gasteiger partial charge in [-0.15, -0.1) is 0 Å². The SMILES string of the molecule is O=C(CCc1ccccc1Cl)NCc1ccc(S(=O)(=O)N2CCOCC2)cc1. The number of morpholine rings is 1. The normalized spacial score (nSPS) is 15.3. The molecule has 150 valence electrons. The Kier molecular flexibility index (Phi) is 7.07. The van der Waals surface area contributed by atoms with Crippen LogP contribution in [0.2, 0.25) is 5.02 Å². The largest absolute Gasteiger partial charge is 0.379 e. The van der Waals surface area contributed by atoms with Crippen molar-refractivity contribution in [3.05, 3.63) is 64.7 Å². The van der Waals surface area contributed by atoms with Crippen molar-refractivity contribution in [3.8, 4) is 0 Å². The monoisotopic (exact) mass is 422 g/mol. The molecule has 6 nitrogen and oxygen atoms in total. The summed E-state index contributed by atoms with van der Waals surface area (Å²) in [6, 6.07) is 14.1. The summed E-state index contributed by atoms with van der Waals surface area (Å²) in [7, 11) is -3.50. The lowest BCUT2D eigenvalue weighted by molar-refractivity contribution is -0.121. The molecule has 1 aliphatic rings. The lowest BCUT2D eigenvalue weighted by Gasteiger charge is -2.26. The van der Waals surface area contributed by atoms with Crippen LogP contribution in [0.15, 0.2) is 53.4 Å². The van der Waals surface area contributed by atoms with Gasteiger partial charge in [0, 0.05) is 31.1 Å². The fourth-order valence-electron chi connectivity index (χ4n) is 2.95. The molecule has 2 aromatic rings. The Hall–Kier alpha value is -1.93. The topological polar surface area (TPSA) is 75.7 Å². The Bertz CT molecular complexity index is 910. The van der Waals surface area contributed by atoms with Gasteiger partial charge in [-0.05, 0) is 35.7 Å². The quantitative estimate of drug-likeness (QED) is 0.744. The van der Waals surface area contributed by atoms with Crippen LogP contribution >= 0.6 is 11.6 Å². The van der Waals surface area contributed by atoms with Crippen molar-refractivity contribution in [2.75, 3.05) is 26.3 Å². The summed E-state index contributed by atoms with van der Waals surface area (Å²) in [5.41, 5.74) is 1.78. The first-order chi connectivity index (χ1) is 13.5. The molecule has 8 heteroatoms. The van der Waals surface area contributed by atoms with Gasteiger partial charge in [-0.25, -0.2) is 8.42 Å². The number of halogens is 1. The standard InChI is InChI=1S/C20H23ClN2O4S/c21-19-4-2-1-3-17(19)7-10-20(24)22-15-16-5-8-18(9-6-16)28(25,26)23-11-13-27-14-12-23/h1-6,8-9H,7,10-15H2,(H,22,24). The predicted octanol–water partition coefficient (Wildman–Crippen LogP) is 2.61. The first kappa shape index (κ1) is 20.8. The summed E-state index contributed by atoms with van der Waals surface area (Å²) >= 11 is 6.10. The van der Waals surface area contributed by atoms with E-state index in [1.54, 1.807) is 30.3 Å². The minimum absolute atomic E-state index is 0.0788. The highest BCUT2D eigenvalue weighted by Gasteiger charge is 2.26. The molecule has 0 atom stereocenters. The van der Waals surface area contributed by atoms with Crippen molar-refractivity contribution in [3.63, 3.8) is 0 Å². The van der Waals surface area contributed by atoms with E-state index in [1.807, 2.05) is 18.2 Å². The number of hydrogen-bond donors (Lipinski definition) is 1. The van der Waals surface area contributed by atoms with Gasteiger partial charge >= 0.3 is 0 Å². The second-order valence-electron chi connectivity index (χ2n) is 6.53. The highest BCUT2D eigenvalue weighted by molar-refractivity contribution is 7.89. The molecule has 1 heterocycles. The number of carbonyl (C=O) groups excluding carboxylic acids is 1. The minimum atomic E-state index is -3.50. The Balaban J connectivity index is 1.51. The molecule has 0 unspecified atom stereocenters. The van der Waals surface area contributed by atoms with Crippen LogP contribution in [0.4, 0.5) is 0 Å². The second kappa shape index (κ2) is 9.52. The summed E-state index contributed by atoms with van der Waals surface area (Å²) in [4.78, 5) is 12.3. The first-order valence-electron chi connectivity index (χ1n) is 9.14. The third-order valence-electron chi connectivity index (χ3n) is 4.60. The number of nitrogens with one attached hydrogen (secondary N) is 1. The van der Waals surface area contributed by atoms with Crippen LogP contribution in [0.1, 0.15) is 17.5 Å². The number of carbonyl (C=O) groups is 1. The molecule has 0 aliphatic carbocycles. The lowest BCUT2D eigenvalue weighted by Crippen LogP contribution is -2.40. The van der Waals surface area contributed by atoms with Crippen LogP contribution in [-0.2, 0) is 32.5 Å². The summed E-state index contributed by atoms with van der Waals surface area (Å²) in [6.45, 7) is 1.91. The third-order valence-corrected chi connectivity index (χ3v) is 6.88. The number of nitrogens with zero attached hydrogens (tertiary/aromatic N) is 1. The van der Waals surface area contributed by atoms with Gasteiger partial charge < -0.3 is 10.1 Å². The number of amides is 1. The molecule has 0 bridgehead atoms. The van der Waals surface area contributed by atoms with Crippen molar-refractivity contribution >= 4 is 27.5 Å². The van der Waals surface area contributed by atoms with Crippen molar-refractivity contribution in [1.29, 1.82) is 0 Å². The molecule has 1 fully saturated rings. The van der Waals surface area contributed by atoms with Crippen molar-refractivity contribution in [2.24, 2.45) is 0 Å². The fraction of sp³-hybridized carbons (Fsp3) is 0.350. The zero-order valence-electron chi connectivity index (χ0n) is 15.4. The van der Waals surface area contributed by atoms with E-state index in [9.17, 15) is 13.2 Å². The first-order valence-corrected chi connectivity index (χ1v) is 11.0. The van der Waals surface area contributed by atoms with Gasteiger partial charge in [-0.3, -0.25) is 4.79 Å². The van der Waals surface area contributed by atoms with E-state index < -0.39 is 10.0 Å². The molecule has 0 radical (unpaired) electrons. The number of sulfonamides is 1. The molecule has 0 spiro atoms. The molecule has 28 heavy (non-hydrogen) atoms. The number of ether oxygens (including phenoxy) is 1. The van der Waals surface area contributed by atoms with Gasteiger partial charge in [-0.1, -0.05) is 41.9 Å². The van der Waals surface area contributed by atoms with E-state index in [0.29, 0.717) is 50.7 Å². The van der Waals surface area contributed by atoms with Gasteiger partial charge in [0.15, 0.2) is 0 Å². The lowest BCUT2D eigenvalue weighted by atomic mass is 10.1. The van der Waals surface area contributed by atoms with E-state index in [4.69, 9.17) is 16.3 Å². The number of aryl methyl sites for hydroxylation is 1. The van der Waals surface area contributed by atoms with E-state index in [2.05, 4.69) is 5.32 Å². The van der Waals surface area contributed by atoms with Gasteiger partial charge in [0.1, 0.15) is 0 Å². The highest BCUT2D eigenvalue weighted by atomic mass is 35.5. The summed E-state index contributed by atoms with van der Waals surface area (Å²) in [5.74, 6) is -0.0788. The van der Waals surface area contributed by atoms with Crippen molar-refractivity contribution < 1.29 is 17.9 Å². The summed E-state index contributed by atoms with van der Waals surface area (Å²) in [6.07, 6.45) is 0.912. The zero-order chi connectivity index (χ0) is 20.0. The van der Waals surface area contributed by atoms with Gasteiger partial charge in [0.05, 0.1) is 18.1 Å². The van der Waals surface area contributed by atoms with Crippen molar-refractivity contribution in [2.45, 2.75) is 24.3 Å². The van der Waals surface area contributed by atoms with Gasteiger partial charge in [-0.2, -0.15) is 4.31 Å². The van der Waals surface area contributed by atoms with Crippen LogP contribution in [-0.4, -0.2) is 44.9 Å². The maximum Gasteiger partial charge on any atom is 0.243 e. The molecule has 0 saturated carbocycles. The third kappa shape index (κ3) is 5.32. The van der Waals surface area contributed by atoms with E-state index in [0.717, 1.165) is 11.1 Å². The van der Waals surface area contributed by atoms with Gasteiger partial charge in [0.25, 0.3) is 0 Å². The van der Waals surface area contributed by atoms with Gasteiger partial charge in [0.2, 0.25) is 15.9 Å². The highest BCUT2D eigenvalue weighted by Crippen LogP contribution is 2.18. The molecular formula is C20H23ClN2O4S. The van der Waals surface area contributed by atoms with E-state index in [-0.39, 0.29) is 10.8 Å². The minimum Gasteiger partial charge on any atom is -0.379 e. The summed E-state index contributed by atoms with van der Waals surface area (Å²) in [5, 5.41) is 3.51. The van der Waals surface area contributed by atoms with Crippen molar-refractivity contribution in [1.82, 2.24) is 9.62 Å². The smallest absolute Gasteiger partial charge is 0.243 e. The number of benzene rings is 2. The Labute approximate surface area is 170 Å². The average molecular weight is 423 g/mol. The molecule has 1 aliphatic heterocycles. The molecule has 1 N–H and O–H groups in total. The van der Waals surface area contributed by atoms with Crippen LogP contribution in [0.3, 0.4) is 0 Å². The Morgan fingerprint density at radius 2 is 1.75 bits per heavy atom. The Morgan fingerprint density at radius 3 is 2.43 bits per heavy atom. The molecule has 0 aromatic heterocycles. The zero-order valence-corrected chi connectivity index (χ0v) is 17.0. The fourth-order valence-corrected chi connectivity index (χ4v) is 4.59. The average Bonchev–Trinajstić information content (AvgIpc) is 2.72. The molecular weight excluding hydrogens is 400 g/mol. The second-order valence-corrected chi connectivity index (χ2v) is 8.87. The maximum atomic E-state index is 12.6. The molecule has 2 aromatic carbocycles. The molecule has 1 saturated heterocycles. The number of hydrogen-bond acceptors (Lipinski definition) is 4. The van der Waals surface area contributed by atoms with Crippen LogP contribution in [0.25, 0.3) is 0 Å². The van der Waals surface area contributed by atoms with Crippen LogP contribution in [0.5, 0.6) is 0 Å². The summed E-state index contributed by atoms with van der Waals surface area (Å²) < 4.78 is 31.8. The number of rotatable bonds is 7. The van der Waals surface area contributed by atoms with Crippen LogP contribution in [0, 0.1) is 0 Å². The molecule has 1 amide bonds. The van der Waals surface area contributed by atoms with Crippen LogP contribution < -0.4 is 5.32 Å². The maximum absolute atomic E-state index is 12.6. The predicted molar refractivity (Wildman–Crippen MR) is 108 cm³/mol. The molecule has 3 rings (SSSR count). The van der Waals surface area contributed by atoms with E-state index in [1.165, 1.54) is 4.31 Å². The van der Waals surface area contributed by atoms with E-state index >= 15 is 0 Å². The Morgan fingerprint density at radius 1 is 1.07 bits per heavy atom.